The number of aliphatic carboxylic acids is 1. The Bertz CT molecular complexity index is 538. The van der Waals surface area contributed by atoms with Gasteiger partial charge in [-0.05, 0) is 29.8 Å². The van der Waals surface area contributed by atoms with Gasteiger partial charge in [-0.3, -0.25) is 9.59 Å². The molecule has 0 spiro atoms. The standard InChI is InChI=1S/C13H14N2O5/c16-9-3-1-8(2-4-9)11-5-10(20-15-11)6-12(17)14-7-13(18)19/h1-4,10,16H,5-7H2,(H,14,17)(H,18,19). The first kappa shape index (κ1) is 13.9. The Labute approximate surface area is 114 Å². The van der Waals surface area contributed by atoms with Crippen molar-refractivity contribution in [2.75, 3.05) is 6.54 Å². The Morgan fingerprint density at radius 2 is 2.05 bits per heavy atom. The van der Waals surface area contributed by atoms with Crippen molar-refractivity contribution in [3.8, 4) is 5.75 Å². The van der Waals surface area contributed by atoms with Crippen LogP contribution >= 0.6 is 0 Å². The summed E-state index contributed by atoms with van der Waals surface area (Å²) >= 11 is 0. The first-order valence-electron chi connectivity index (χ1n) is 6.05. The van der Waals surface area contributed by atoms with Crippen molar-refractivity contribution in [1.29, 1.82) is 0 Å². The van der Waals surface area contributed by atoms with E-state index in [-0.39, 0.29) is 18.1 Å². The molecule has 0 aliphatic carbocycles. The number of oxime groups is 1. The number of benzene rings is 1. The molecule has 106 valence electrons. The van der Waals surface area contributed by atoms with E-state index in [9.17, 15) is 14.7 Å². The van der Waals surface area contributed by atoms with Crippen molar-refractivity contribution in [2.24, 2.45) is 5.16 Å². The summed E-state index contributed by atoms with van der Waals surface area (Å²) in [5.74, 6) is -1.32. The van der Waals surface area contributed by atoms with Gasteiger partial charge in [-0.25, -0.2) is 0 Å². The third-order valence-electron chi connectivity index (χ3n) is 2.78. The first-order chi connectivity index (χ1) is 9.54. The van der Waals surface area contributed by atoms with E-state index in [2.05, 4.69) is 10.5 Å². The van der Waals surface area contributed by atoms with Crippen molar-refractivity contribution >= 4 is 17.6 Å². The molecule has 20 heavy (non-hydrogen) atoms. The molecule has 0 radical (unpaired) electrons. The maximum absolute atomic E-state index is 11.5. The van der Waals surface area contributed by atoms with Gasteiger partial charge in [0.1, 0.15) is 18.4 Å². The second kappa shape index (κ2) is 6.05. The lowest BCUT2D eigenvalue weighted by molar-refractivity contribution is -0.138. The zero-order chi connectivity index (χ0) is 14.5. The number of carboxylic acids is 1. The van der Waals surface area contributed by atoms with Gasteiger partial charge in [0.15, 0.2) is 0 Å². The summed E-state index contributed by atoms with van der Waals surface area (Å²) in [6.07, 6.45) is 0.122. The smallest absolute Gasteiger partial charge is 0.322 e. The Balaban J connectivity index is 1.84. The van der Waals surface area contributed by atoms with E-state index in [0.29, 0.717) is 12.1 Å². The molecule has 1 aromatic carbocycles. The fourth-order valence-corrected chi connectivity index (χ4v) is 1.82. The molecule has 3 N–H and O–H groups in total. The van der Waals surface area contributed by atoms with Gasteiger partial charge < -0.3 is 20.4 Å². The molecule has 7 nitrogen and oxygen atoms in total. The van der Waals surface area contributed by atoms with Crippen LogP contribution in [0.15, 0.2) is 29.4 Å². The van der Waals surface area contributed by atoms with Crippen LogP contribution in [0.4, 0.5) is 0 Å². The summed E-state index contributed by atoms with van der Waals surface area (Å²) in [5.41, 5.74) is 1.51. The van der Waals surface area contributed by atoms with Crippen molar-refractivity contribution in [3.63, 3.8) is 0 Å². The zero-order valence-electron chi connectivity index (χ0n) is 10.6. The van der Waals surface area contributed by atoms with Crippen LogP contribution in [0.2, 0.25) is 0 Å². The molecule has 0 saturated carbocycles. The van der Waals surface area contributed by atoms with E-state index in [1.807, 2.05) is 0 Å². The van der Waals surface area contributed by atoms with Gasteiger partial charge in [-0.2, -0.15) is 0 Å². The van der Waals surface area contributed by atoms with Crippen molar-refractivity contribution in [1.82, 2.24) is 5.32 Å². The van der Waals surface area contributed by atoms with E-state index in [4.69, 9.17) is 9.94 Å². The summed E-state index contributed by atoms with van der Waals surface area (Å²) in [5, 5.41) is 23.8. The second-order valence-corrected chi connectivity index (χ2v) is 4.39. The summed E-state index contributed by atoms with van der Waals surface area (Å²) in [7, 11) is 0. The van der Waals surface area contributed by atoms with Gasteiger partial charge in [0.2, 0.25) is 5.91 Å². The van der Waals surface area contributed by atoms with E-state index in [1.54, 1.807) is 24.3 Å². The van der Waals surface area contributed by atoms with Gasteiger partial charge in [0.05, 0.1) is 12.1 Å². The van der Waals surface area contributed by atoms with Crippen LogP contribution < -0.4 is 5.32 Å². The molecule has 7 heteroatoms. The van der Waals surface area contributed by atoms with E-state index in [0.717, 1.165) is 5.56 Å². The number of carboxylic acid groups (broad SMARTS) is 1. The number of nitrogens with zero attached hydrogens (tertiary/aromatic N) is 1. The number of phenolic OH excluding ortho intramolecular Hbond substituents is 1. The highest BCUT2D eigenvalue weighted by Crippen LogP contribution is 2.20. The lowest BCUT2D eigenvalue weighted by atomic mass is 10.0. The maximum Gasteiger partial charge on any atom is 0.322 e. The quantitative estimate of drug-likeness (QED) is 0.725. The topological polar surface area (TPSA) is 108 Å². The molecule has 0 bridgehead atoms. The lowest BCUT2D eigenvalue weighted by Crippen LogP contribution is -2.31. The summed E-state index contributed by atoms with van der Waals surface area (Å²) in [4.78, 5) is 26.9. The van der Waals surface area contributed by atoms with E-state index in [1.165, 1.54) is 0 Å². The molecule has 1 unspecified atom stereocenters. The molecule has 1 heterocycles. The number of amides is 1. The molecule has 1 aromatic rings. The van der Waals surface area contributed by atoms with Crippen LogP contribution in [0.25, 0.3) is 0 Å². The van der Waals surface area contributed by atoms with Crippen LogP contribution in [-0.2, 0) is 14.4 Å². The van der Waals surface area contributed by atoms with Gasteiger partial charge in [0, 0.05) is 6.42 Å². The zero-order valence-corrected chi connectivity index (χ0v) is 10.6. The summed E-state index contributed by atoms with van der Waals surface area (Å²) in [6.45, 7) is -0.406. The number of hydrogen-bond donors (Lipinski definition) is 3. The second-order valence-electron chi connectivity index (χ2n) is 4.39. The number of phenols is 1. The van der Waals surface area contributed by atoms with Gasteiger partial charge in [-0.1, -0.05) is 5.16 Å². The molecular weight excluding hydrogens is 264 g/mol. The largest absolute Gasteiger partial charge is 0.508 e. The highest BCUT2D eigenvalue weighted by molar-refractivity contribution is 6.01. The fraction of sp³-hybridized carbons (Fsp3) is 0.308. The predicted octanol–water partition coefficient (Wildman–Crippen LogP) is 0.476. The van der Waals surface area contributed by atoms with Crippen molar-refractivity contribution < 1.29 is 24.6 Å². The summed E-state index contributed by atoms with van der Waals surface area (Å²) in [6, 6.07) is 6.52. The predicted molar refractivity (Wildman–Crippen MR) is 69.4 cm³/mol. The molecule has 1 atom stereocenters. The number of carbonyl (C=O) groups excluding carboxylic acids is 1. The lowest BCUT2D eigenvalue weighted by Gasteiger charge is -2.07. The number of carbonyl (C=O) groups is 2. The van der Waals surface area contributed by atoms with Crippen LogP contribution in [0.1, 0.15) is 18.4 Å². The Hall–Kier alpha value is -2.57. The normalized spacial score (nSPS) is 17.2. The molecule has 0 saturated heterocycles. The third kappa shape index (κ3) is 3.71. The highest BCUT2D eigenvalue weighted by atomic mass is 16.6. The Morgan fingerprint density at radius 1 is 1.35 bits per heavy atom. The van der Waals surface area contributed by atoms with Crippen LogP contribution in [0.3, 0.4) is 0 Å². The average molecular weight is 278 g/mol. The van der Waals surface area contributed by atoms with Crippen LogP contribution in [-0.4, -0.2) is 40.4 Å². The molecule has 0 aromatic heterocycles. The number of hydrogen-bond acceptors (Lipinski definition) is 5. The molecular formula is C13H14N2O5. The third-order valence-corrected chi connectivity index (χ3v) is 2.78. The molecule has 1 aliphatic rings. The van der Waals surface area contributed by atoms with Gasteiger partial charge in [0.25, 0.3) is 0 Å². The van der Waals surface area contributed by atoms with Crippen molar-refractivity contribution in [3.05, 3.63) is 29.8 Å². The minimum absolute atomic E-state index is 0.0539. The fourth-order valence-electron chi connectivity index (χ4n) is 1.82. The molecule has 2 rings (SSSR count). The minimum atomic E-state index is -1.09. The number of nitrogens with one attached hydrogen (secondary N) is 1. The number of rotatable bonds is 5. The number of aromatic hydroxyl groups is 1. The SMILES string of the molecule is O=C(O)CNC(=O)CC1CC(c2ccc(O)cc2)=NO1. The van der Waals surface area contributed by atoms with Gasteiger partial charge >= 0.3 is 5.97 Å². The van der Waals surface area contributed by atoms with Crippen LogP contribution in [0, 0.1) is 0 Å². The summed E-state index contributed by atoms with van der Waals surface area (Å²) < 4.78 is 0. The van der Waals surface area contributed by atoms with E-state index < -0.39 is 18.6 Å². The average Bonchev–Trinajstić information content (AvgIpc) is 2.85. The highest BCUT2D eigenvalue weighted by Gasteiger charge is 2.24. The van der Waals surface area contributed by atoms with Crippen LogP contribution in [0.5, 0.6) is 5.75 Å². The Kier molecular flexibility index (Phi) is 4.19. The maximum atomic E-state index is 11.5. The monoisotopic (exact) mass is 278 g/mol. The Morgan fingerprint density at radius 3 is 2.70 bits per heavy atom. The van der Waals surface area contributed by atoms with E-state index >= 15 is 0 Å². The molecule has 1 amide bonds. The minimum Gasteiger partial charge on any atom is -0.508 e. The molecule has 0 fully saturated rings. The molecule has 1 aliphatic heterocycles. The first-order valence-corrected chi connectivity index (χ1v) is 6.05. The van der Waals surface area contributed by atoms with Gasteiger partial charge in [-0.15, -0.1) is 0 Å². The van der Waals surface area contributed by atoms with Crippen molar-refractivity contribution in [2.45, 2.75) is 18.9 Å².